The first-order valence-electron chi connectivity index (χ1n) is 10.1. The van der Waals surface area contributed by atoms with Crippen molar-refractivity contribution in [3.05, 3.63) is 35.4 Å². The van der Waals surface area contributed by atoms with Crippen LogP contribution in [0.3, 0.4) is 0 Å². The van der Waals surface area contributed by atoms with E-state index in [0.717, 1.165) is 25.9 Å². The van der Waals surface area contributed by atoms with Crippen LogP contribution in [-0.2, 0) is 4.79 Å². The SMILES string of the molecule is O=C(CCNC(=O)c1ccc([C@@H]2CCCNC2)cc1)NC1CCCCC1. The molecule has 0 spiro atoms. The smallest absolute Gasteiger partial charge is 0.251 e. The summed E-state index contributed by atoms with van der Waals surface area (Å²) in [6.07, 6.45) is 8.60. The fourth-order valence-corrected chi connectivity index (χ4v) is 3.98. The Bertz CT molecular complexity index is 588. The van der Waals surface area contributed by atoms with Gasteiger partial charge in [0, 0.05) is 31.1 Å². The van der Waals surface area contributed by atoms with Gasteiger partial charge in [-0.15, -0.1) is 0 Å². The number of benzene rings is 1. The third-order valence-corrected chi connectivity index (χ3v) is 5.55. The number of hydrogen-bond donors (Lipinski definition) is 3. The zero-order chi connectivity index (χ0) is 18.2. The highest BCUT2D eigenvalue weighted by Crippen LogP contribution is 2.23. The Morgan fingerprint density at radius 1 is 1.00 bits per heavy atom. The summed E-state index contributed by atoms with van der Waals surface area (Å²) < 4.78 is 0. The van der Waals surface area contributed by atoms with E-state index >= 15 is 0 Å². The molecule has 26 heavy (non-hydrogen) atoms. The Balaban J connectivity index is 1.39. The van der Waals surface area contributed by atoms with Crippen molar-refractivity contribution in [3.63, 3.8) is 0 Å². The lowest BCUT2D eigenvalue weighted by atomic mass is 9.91. The van der Waals surface area contributed by atoms with Crippen molar-refractivity contribution >= 4 is 11.8 Å². The first-order chi connectivity index (χ1) is 12.7. The summed E-state index contributed by atoms with van der Waals surface area (Å²) >= 11 is 0. The van der Waals surface area contributed by atoms with E-state index in [2.05, 4.69) is 28.1 Å². The van der Waals surface area contributed by atoms with Crippen LogP contribution in [0.25, 0.3) is 0 Å². The molecule has 3 N–H and O–H groups in total. The molecule has 1 saturated heterocycles. The summed E-state index contributed by atoms with van der Waals surface area (Å²) in [5.74, 6) is 0.477. The highest BCUT2D eigenvalue weighted by atomic mass is 16.2. The Morgan fingerprint density at radius 3 is 2.46 bits per heavy atom. The molecule has 2 aliphatic rings. The van der Waals surface area contributed by atoms with Crippen LogP contribution in [-0.4, -0.2) is 37.5 Å². The van der Waals surface area contributed by atoms with E-state index in [1.807, 2.05) is 12.1 Å². The molecular weight excluding hydrogens is 326 g/mol. The lowest BCUT2D eigenvalue weighted by Crippen LogP contribution is -2.38. The van der Waals surface area contributed by atoms with E-state index in [1.54, 1.807) is 0 Å². The van der Waals surface area contributed by atoms with Crippen molar-refractivity contribution in [3.8, 4) is 0 Å². The molecule has 1 aliphatic heterocycles. The summed E-state index contributed by atoms with van der Waals surface area (Å²) in [6.45, 7) is 2.50. The monoisotopic (exact) mass is 357 g/mol. The highest BCUT2D eigenvalue weighted by molar-refractivity contribution is 5.94. The molecule has 2 amide bonds. The van der Waals surface area contributed by atoms with Gasteiger partial charge in [0.25, 0.3) is 5.91 Å². The maximum Gasteiger partial charge on any atom is 0.251 e. The molecule has 1 heterocycles. The molecule has 1 aromatic carbocycles. The molecule has 142 valence electrons. The van der Waals surface area contributed by atoms with Crippen LogP contribution in [0, 0.1) is 0 Å². The second-order valence-electron chi connectivity index (χ2n) is 7.57. The average Bonchev–Trinajstić information content (AvgIpc) is 2.69. The Morgan fingerprint density at radius 2 is 1.77 bits per heavy atom. The quantitative estimate of drug-likeness (QED) is 0.733. The summed E-state index contributed by atoms with van der Waals surface area (Å²) in [7, 11) is 0. The van der Waals surface area contributed by atoms with Gasteiger partial charge in [-0.25, -0.2) is 0 Å². The standard InChI is InChI=1S/C21H31N3O2/c25-20(24-19-6-2-1-3-7-19)12-14-23-21(26)17-10-8-16(9-11-17)18-5-4-13-22-15-18/h8-11,18-19,22H,1-7,12-15H2,(H,23,26)(H,24,25)/t18-/m1/s1. The van der Waals surface area contributed by atoms with Crippen molar-refractivity contribution in [1.29, 1.82) is 0 Å². The third kappa shape index (κ3) is 5.56. The van der Waals surface area contributed by atoms with Gasteiger partial charge < -0.3 is 16.0 Å². The molecule has 1 saturated carbocycles. The Hall–Kier alpha value is -1.88. The number of piperidine rings is 1. The van der Waals surface area contributed by atoms with Gasteiger partial charge in [-0.1, -0.05) is 31.4 Å². The number of nitrogens with one attached hydrogen (secondary N) is 3. The second kappa shape index (κ2) is 9.72. The molecule has 0 radical (unpaired) electrons. The summed E-state index contributed by atoms with van der Waals surface area (Å²) in [5.41, 5.74) is 1.95. The largest absolute Gasteiger partial charge is 0.353 e. The molecule has 0 unspecified atom stereocenters. The summed E-state index contributed by atoms with van der Waals surface area (Å²) in [6, 6.07) is 8.22. The lowest BCUT2D eigenvalue weighted by molar-refractivity contribution is -0.121. The normalized spacial score (nSPS) is 21.2. The minimum Gasteiger partial charge on any atom is -0.353 e. The first-order valence-corrected chi connectivity index (χ1v) is 10.1. The van der Waals surface area contributed by atoms with Gasteiger partial charge in [0.05, 0.1) is 0 Å². The molecule has 1 aliphatic carbocycles. The van der Waals surface area contributed by atoms with Gasteiger partial charge in [0.2, 0.25) is 5.91 Å². The predicted octanol–water partition coefficient (Wildman–Crippen LogP) is 2.72. The molecular formula is C21H31N3O2. The highest BCUT2D eigenvalue weighted by Gasteiger charge is 2.17. The zero-order valence-electron chi connectivity index (χ0n) is 15.6. The van der Waals surface area contributed by atoms with E-state index in [0.29, 0.717) is 30.5 Å². The predicted molar refractivity (Wildman–Crippen MR) is 103 cm³/mol. The van der Waals surface area contributed by atoms with E-state index in [-0.39, 0.29) is 11.8 Å². The topological polar surface area (TPSA) is 70.2 Å². The Labute approximate surface area is 156 Å². The van der Waals surface area contributed by atoms with Crippen molar-refractivity contribution in [1.82, 2.24) is 16.0 Å². The molecule has 5 heteroatoms. The molecule has 0 aromatic heterocycles. The van der Waals surface area contributed by atoms with E-state index in [1.165, 1.54) is 37.7 Å². The minimum absolute atomic E-state index is 0.0392. The van der Waals surface area contributed by atoms with Crippen LogP contribution in [0.15, 0.2) is 24.3 Å². The molecule has 3 rings (SSSR count). The molecule has 1 aromatic rings. The fraction of sp³-hybridized carbons (Fsp3) is 0.619. The minimum atomic E-state index is -0.108. The fourth-order valence-electron chi connectivity index (χ4n) is 3.98. The van der Waals surface area contributed by atoms with Crippen molar-refractivity contribution in [2.24, 2.45) is 0 Å². The van der Waals surface area contributed by atoms with Gasteiger partial charge in [-0.05, 0) is 55.8 Å². The maximum absolute atomic E-state index is 12.2. The van der Waals surface area contributed by atoms with Crippen LogP contribution in [0.2, 0.25) is 0 Å². The average molecular weight is 357 g/mol. The van der Waals surface area contributed by atoms with Crippen LogP contribution in [0.5, 0.6) is 0 Å². The molecule has 1 atom stereocenters. The number of carbonyl (C=O) groups is 2. The zero-order valence-corrected chi connectivity index (χ0v) is 15.6. The van der Waals surface area contributed by atoms with Gasteiger partial charge >= 0.3 is 0 Å². The summed E-state index contributed by atoms with van der Waals surface area (Å²) in [4.78, 5) is 24.2. The van der Waals surface area contributed by atoms with E-state index < -0.39 is 0 Å². The molecule has 2 fully saturated rings. The van der Waals surface area contributed by atoms with Gasteiger partial charge in [0.1, 0.15) is 0 Å². The summed E-state index contributed by atoms with van der Waals surface area (Å²) in [5, 5.41) is 9.36. The van der Waals surface area contributed by atoms with Crippen LogP contribution >= 0.6 is 0 Å². The maximum atomic E-state index is 12.2. The van der Waals surface area contributed by atoms with Gasteiger partial charge in [-0.3, -0.25) is 9.59 Å². The second-order valence-corrected chi connectivity index (χ2v) is 7.57. The van der Waals surface area contributed by atoms with Crippen molar-refractivity contribution in [2.75, 3.05) is 19.6 Å². The molecule has 5 nitrogen and oxygen atoms in total. The third-order valence-electron chi connectivity index (χ3n) is 5.55. The van der Waals surface area contributed by atoms with Crippen molar-refractivity contribution in [2.45, 2.75) is 63.3 Å². The van der Waals surface area contributed by atoms with Gasteiger partial charge in [-0.2, -0.15) is 0 Å². The van der Waals surface area contributed by atoms with Crippen molar-refractivity contribution < 1.29 is 9.59 Å². The first kappa shape index (κ1) is 18.9. The van der Waals surface area contributed by atoms with Gasteiger partial charge in [0.15, 0.2) is 0 Å². The van der Waals surface area contributed by atoms with Crippen LogP contribution < -0.4 is 16.0 Å². The Kier molecular flexibility index (Phi) is 7.06. The number of hydrogen-bond acceptors (Lipinski definition) is 3. The number of carbonyl (C=O) groups excluding carboxylic acids is 2. The molecule has 0 bridgehead atoms. The van der Waals surface area contributed by atoms with E-state index in [4.69, 9.17) is 0 Å². The van der Waals surface area contributed by atoms with Crippen LogP contribution in [0.1, 0.15) is 73.2 Å². The number of rotatable bonds is 6. The van der Waals surface area contributed by atoms with E-state index in [9.17, 15) is 9.59 Å². The lowest BCUT2D eigenvalue weighted by Gasteiger charge is -2.23. The van der Waals surface area contributed by atoms with Crippen LogP contribution in [0.4, 0.5) is 0 Å². The number of amides is 2.